The van der Waals surface area contributed by atoms with Crippen LogP contribution >= 0.6 is 24.8 Å². The summed E-state index contributed by atoms with van der Waals surface area (Å²) >= 11 is 9.59. The first-order chi connectivity index (χ1) is 7.15. The zero-order valence-corrected chi connectivity index (χ0v) is 9.85. The molecule has 3 N–H and O–H groups in total. The van der Waals surface area contributed by atoms with Crippen LogP contribution in [0.15, 0.2) is 6.33 Å². The number of anilines is 1. The van der Waals surface area contributed by atoms with Gasteiger partial charge in [0.05, 0.1) is 10.8 Å². The Labute approximate surface area is 97.1 Å². The predicted octanol–water partition coefficient (Wildman–Crippen LogP) is 1.91. The molecule has 0 bridgehead atoms. The van der Waals surface area contributed by atoms with E-state index in [1.807, 2.05) is 6.92 Å². The lowest BCUT2D eigenvalue weighted by atomic mass is 10.4. The van der Waals surface area contributed by atoms with Crippen LogP contribution in [0.3, 0.4) is 0 Å². The summed E-state index contributed by atoms with van der Waals surface area (Å²) in [6.45, 7) is 2.03. The topological polar surface area (TPSA) is 72.5 Å². The second-order valence-electron chi connectivity index (χ2n) is 3.16. The molecule has 0 radical (unpaired) electrons. The molecule has 0 aromatic carbocycles. The first-order valence-corrected chi connectivity index (χ1v) is 5.46. The predicted molar refractivity (Wildman–Crippen MR) is 65.4 cm³/mol. The van der Waals surface area contributed by atoms with Crippen LogP contribution in [0.25, 0.3) is 11.0 Å². The molecule has 80 valence electrons. The van der Waals surface area contributed by atoms with Gasteiger partial charge >= 0.3 is 0 Å². The second kappa shape index (κ2) is 3.82. The van der Waals surface area contributed by atoms with Crippen molar-refractivity contribution in [1.29, 1.82) is 0 Å². The molecule has 2 rings (SSSR count). The lowest BCUT2D eigenvalue weighted by molar-refractivity contribution is 0.601. The van der Waals surface area contributed by atoms with Gasteiger partial charge in [0, 0.05) is 0 Å². The van der Waals surface area contributed by atoms with Crippen LogP contribution in [0.4, 0.5) is 5.82 Å². The van der Waals surface area contributed by atoms with E-state index in [1.54, 1.807) is 4.68 Å². The Bertz CT molecular complexity index is 543. The quantitative estimate of drug-likeness (QED) is 0.555. The highest BCUT2D eigenvalue weighted by Gasteiger charge is 2.12. The number of hydrogen-bond donors (Lipinski definition) is 3. The van der Waals surface area contributed by atoms with Gasteiger partial charge in [-0.05, 0) is 6.42 Å². The summed E-state index contributed by atoms with van der Waals surface area (Å²) < 4.78 is 2.36. The van der Waals surface area contributed by atoms with Crippen LogP contribution in [0, 0.1) is 4.64 Å². The van der Waals surface area contributed by atoms with E-state index in [2.05, 4.69) is 27.7 Å². The van der Waals surface area contributed by atoms with Crippen LogP contribution < -0.4 is 5.73 Å². The van der Waals surface area contributed by atoms with Crippen molar-refractivity contribution in [2.24, 2.45) is 0 Å². The maximum absolute atomic E-state index is 5.74. The molecule has 0 saturated carbocycles. The largest absolute Gasteiger partial charge is 0.383 e. The minimum absolute atomic E-state index is 0.0125. The summed E-state index contributed by atoms with van der Waals surface area (Å²) in [7, 11) is 0. The zero-order valence-electron chi connectivity index (χ0n) is 8.14. The highest BCUT2D eigenvalue weighted by molar-refractivity contribution is 7.80. The zero-order chi connectivity index (χ0) is 11.0. The summed E-state index contributed by atoms with van der Waals surface area (Å²) in [6, 6.07) is 0. The fourth-order valence-electron chi connectivity index (χ4n) is 1.41. The fraction of sp³-hybridized carbons (Fsp3) is 0.375. The third-order valence-corrected chi connectivity index (χ3v) is 3.09. The van der Waals surface area contributed by atoms with Gasteiger partial charge in [-0.3, -0.25) is 9.78 Å². The first-order valence-electron chi connectivity index (χ1n) is 4.54. The van der Waals surface area contributed by atoms with Crippen LogP contribution in [0.1, 0.15) is 18.7 Å². The lowest BCUT2D eigenvalue weighted by Gasteiger charge is -2.09. The molecule has 0 aliphatic heterocycles. The van der Waals surface area contributed by atoms with Crippen LogP contribution in [-0.2, 0) is 0 Å². The molecule has 0 fully saturated rings. The third-order valence-electron chi connectivity index (χ3n) is 2.20. The highest BCUT2D eigenvalue weighted by Crippen LogP contribution is 2.24. The van der Waals surface area contributed by atoms with Gasteiger partial charge in [-0.15, -0.1) is 0 Å². The van der Waals surface area contributed by atoms with E-state index in [0.29, 0.717) is 21.5 Å². The third kappa shape index (κ3) is 1.61. The summed E-state index contributed by atoms with van der Waals surface area (Å²) in [5.41, 5.74) is 6.44. The molecule has 5 nitrogen and oxygen atoms in total. The van der Waals surface area contributed by atoms with E-state index < -0.39 is 0 Å². The van der Waals surface area contributed by atoms with E-state index in [1.165, 1.54) is 6.33 Å². The summed E-state index contributed by atoms with van der Waals surface area (Å²) in [5.74, 6) is 0.400. The lowest BCUT2D eigenvalue weighted by Crippen LogP contribution is -2.04. The average Bonchev–Trinajstić information content (AvgIpc) is 2.56. The van der Waals surface area contributed by atoms with Gasteiger partial charge in [0.15, 0.2) is 5.65 Å². The molecule has 0 aliphatic carbocycles. The number of hydrogen-bond acceptors (Lipinski definition) is 5. The number of aromatic amines is 1. The van der Waals surface area contributed by atoms with Gasteiger partial charge < -0.3 is 5.73 Å². The Balaban J connectivity index is 2.79. The Hall–Kier alpha value is -1.08. The number of H-pyrrole nitrogens is 1. The van der Waals surface area contributed by atoms with Crippen molar-refractivity contribution in [2.75, 3.05) is 5.73 Å². The molecule has 2 aromatic rings. The number of nitrogens with two attached hydrogens (primary N) is 1. The number of rotatable bonds is 2. The molecular formula is C8H11N5S2. The van der Waals surface area contributed by atoms with Crippen LogP contribution in [-0.4, -0.2) is 19.7 Å². The molecule has 0 saturated heterocycles. The van der Waals surface area contributed by atoms with E-state index >= 15 is 0 Å². The van der Waals surface area contributed by atoms with Gasteiger partial charge in [0.25, 0.3) is 0 Å². The number of fused-ring (bicyclic) bond motifs is 1. The number of aromatic nitrogens is 4. The van der Waals surface area contributed by atoms with Crippen molar-refractivity contribution < 1.29 is 0 Å². The van der Waals surface area contributed by atoms with Crippen molar-refractivity contribution in [3.63, 3.8) is 0 Å². The summed E-state index contributed by atoms with van der Waals surface area (Å²) in [4.78, 5) is 8.07. The van der Waals surface area contributed by atoms with Crippen molar-refractivity contribution in [3.8, 4) is 0 Å². The molecular weight excluding hydrogens is 230 g/mol. The maximum Gasteiger partial charge on any atom is 0.164 e. The Morgan fingerprint density at radius 2 is 2.40 bits per heavy atom. The molecule has 0 aliphatic rings. The monoisotopic (exact) mass is 241 g/mol. The minimum Gasteiger partial charge on any atom is -0.383 e. The van der Waals surface area contributed by atoms with Gasteiger partial charge in [-0.25, -0.2) is 9.97 Å². The highest BCUT2D eigenvalue weighted by atomic mass is 32.1. The number of thiol groups is 1. The number of nitrogens with one attached hydrogen (secondary N) is 1. The molecule has 15 heavy (non-hydrogen) atoms. The van der Waals surface area contributed by atoms with Gasteiger partial charge in [0.2, 0.25) is 0 Å². The van der Waals surface area contributed by atoms with E-state index in [-0.39, 0.29) is 5.37 Å². The Kier molecular flexibility index (Phi) is 2.66. The van der Waals surface area contributed by atoms with Crippen molar-refractivity contribution >= 4 is 41.7 Å². The van der Waals surface area contributed by atoms with Crippen molar-refractivity contribution in [2.45, 2.75) is 18.7 Å². The fourth-order valence-corrected chi connectivity index (χ4v) is 1.87. The number of nitrogen functional groups attached to an aromatic ring is 1. The van der Waals surface area contributed by atoms with Crippen molar-refractivity contribution in [1.82, 2.24) is 19.7 Å². The smallest absolute Gasteiger partial charge is 0.164 e. The molecule has 1 unspecified atom stereocenters. The first kappa shape index (κ1) is 10.4. The minimum atomic E-state index is 0.0125. The van der Waals surface area contributed by atoms with E-state index in [9.17, 15) is 0 Å². The second-order valence-corrected chi connectivity index (χ2v) is 4.16. The van der Waals surface area contributed by atoms with E-state index in [4.69, 9.17) is 18.0 Å². The summed E-state index contributed by atoms with van der Waals surface area (Å²) in [6.07, 6.45) is 2.29. The SMILES string of the molecule is CCC(S)n1[nH]c(=S)c2c(N)ncnc21. The van der Waals surface area contributed by atoms with Crippen LogP contribution in [0.5, 0.6) is 0 Å². The molecule has 1 atom stereocenters. The molecule has 0 spiro atoms. The summed E-state index contributed by atoms with van der Waals surface area (Å²) in [5, 5.41) is 3.72. The number of nitrogens with zero attached hydrogens (tertiary/aromatic N) is 3. The molecule has 2 aromatic heterocycles. The maximum atomic E-state index is 5.74. The molecule has 0 amide bonds. The Morgan fingerprint density at radius 3 is 3.07 bits per heavy atom. The normalized spacial score (nSPS) is 13.2. The standard InChI is InChI=1S/C8H11N5S2/c1-2-4(14)13-7-5(8(15)12-13)6(9)10-3-11-7/h3-4,14H,2H2,1H3,(H,12,15)(H2,9,10,11). The van der Waals surface area contributed by atoms with Gasteiger partial charge in [-0.2, -0.15) is 12.6 Å². The molecule has 2 heterocycles. The van der Waals surface area contributed by atoms with Gasteiger partial charge in [-0.1, -0.05) is 19.1 Å². The van der Waals surface area contributed by atoms with Crippen molar-refractivity contribution in [3.05, 3.63) is 11.0 Å². The van der Waals surface area contributed by atoms with Crippen LogP contribution in [0.2, 0.25) is 0 Å². The molecule has 7 heteroatoms. The Morgan fingerprint density at radius 1 is 1.67 bits per heavy atom. The van der Waals surface area contributed by atoms with Gasteiger partial charge in [0.1, 0.15) is 16.8 Å². The van der Waals surface area contributed by atoms with E-state index in [0.717, 1.165) is 6.42 Å². The average molecular weight is 241 g/mol.